The Kier molecular flexibility index (Phi) is 4.83. The molecule has 0 saturated carbocycles. The predicted molar refractivity (Wildman–Crippen MR) is 82.8 cm³/mol. The molecule has 0 bridgehead atoms. The number of methoxy groups -OCH3 is 1. The maximum atomic E-state index is 12.1. The Hall–Kier alpha value is -1.77. The summed E-state index contributed by atoms with van der Waals surface area (Å²) in [6, 6.07) is 12.2. The van der Waals surface area contributed by atoms with E-state index < -0.39 is 0 Å². The Morgan fingerprint density at radius 1 is 1.10 bits per heavy atom. The molecule has 0 amide bonds. The lowest BCUT2D eigenvalue weighted by Gasteiger charge is -2.01. The first-order valence-corrected chi connectivity index (χ1v) is 6.67. The van der Waals surface area contributed by atoms with E-state index in [-0.39, 0.29) is 5.78 Å². The number of ketones is 1. The topological polar surface area (TPSA) is 26.3 Å². The van der Waals surface area contributed by atoms with Gasteiger partial charge in [0, 0.05) is 10.6 Å². The summed E-state index contributed by atoms with van der Waals surface area (Å²) in [6.07, 6.45) is 3.19. The average molecular weight is 307 g/mol. The van der Waals surface area contributed by atoms with Gasteiger partial charge in [-0.2, -0.15) is 0 Å². The molecule has 2 nitrogen and oxygen atoms in total. The molecular weight excluding hydrogens is 295 g/mol. The van der Waals surface area contributed by atoms with Crippen LogP contribution in [0, 0.1) is 0 Å². The summed E-state index contributed by atoms with van der Waals surface area (Å²) in [4.78, 5) is 12.1. The van der Waals surface area contributed by atoms with Crippen molar-refractivity contribution in [2.75, 3.05) is 7.11 Å². The van der Waals surface area contributed by atoms with Crippen LogP contribution in [-0.2, 0) is 0 Å². The third kappa shape index (κ3) is 3.62. The number of allylic oxidation sites excluding steroid dienone is 1. The van der Waals surface area contributed by atoms with Gasteiger partial charge in [-0.15, -0.1) is 0 Å². The third-order valence-electron chi connectivity index (χ3n) is 2.74. The lowest BCUT2D eigenvalue weighted by molar-refractivity contribution is 0.104. The third-order valence-corrected chi connectivity index (χ3v) is 3.30. The van der Waals surface area contributed by atoms with E-state index in [0.717, 1.165) is 11.3 Å². The van der Waals surface area contributed by atoms with Crippen LogP contribution in [0.4, 0.5) is 0 Å². The van der Waals surface area contributed by atoms with Crippen molar-refractivity contribution in [2.45, 2.75) is 0 Å². The number of rotatable bonds is 4. The van der Waals surface area contributed by atoms with Crippen LogP contribution in [0.15, 0.2) is 48.5 Å². The zero-order chi connectivity index (χ0) is 14.5. The highest BCUT2D eigenvalue weighted by atomic mass is 35.5. The summed E-state index contributed by atoms with van der Waals surface area (Å²) in [5, 5.41) is 0.870. The van der Waals surface area contributed by atoms with Crippen LogP contribution in [-0.4, -0.2) is 12.9 Å². The Bertz CT molecular complexity index is 646. The highest BCUT2D eigenvalue weighted by molar-refractivity contribution is 6.36. The minimum Gasteiger partial charge on any atom is -0.497 e. The lowest BCUT2D eigenvalue weighted by atomic mass is 10.1. The van der Waals surface area contributed by atoms with Crippen molar-refractivity contribution in [2.24, 2.45) is 0 Å². The van der Waals surface area contributed by atoms with E-state index in [0.29, 0.717) is 15.6 Å². The first kappa shape index (κ1) is 14.6. The first-order valence-electron chi connectivity index (χ1n) is 5.91. The predicted octanol–water partition coefficient (Wildman–Crippen LogP) is 4.90. The molecule has 0 fully saturated rings. The monoisotopic (exact) mass is 306 g/mol. The van der Waals surface area contributed by atoms with E-state index in [1.165, 1.54) is 6.08 Å². The SMILES string of the molecule is COc1ccc(/C=C/C(=O)c2cc(Cl)ccc2Cl)cc1. The molecular formula is C16H12Cl2O2. The van der Waals surface area contributed by atoms with Crippen molar-refractivity contribution in [3.63, 3.8) is 0 Å². The number of ether oxygens (including phenoxy) is 1. The van der Waals surface area contributed by atoms with Crippen LogP contribution in [0.3, 0.4) is 0 Å². The van der Waals surface area contributed by atoms with Gasteiger partial charge in [0.15, 0.2) is 5.78 Å². The maximum Gasteiger partial charge on any atom is 0.187 e. The number of carbonyl (C=O) groups is 1. The fourth-order valence-corrected chi connectivity index (χ4v) is 2.05. The van der Waals surface area contributed by atoms with Gasteiger partial charge in [0.1, 0.15) is 5.75 Å². The van der Waals surface area contributed by atoms with Crippen LogP contribution in [0.2, 0.25) is 10.0 Å². The zero-order valence-electron chi connectivity index (χ0n) is 10.8. The van der Waals surface area contributed by atoms with Crippen LogP contribution >= 0.6 is 23.2 Å². The average Bonchev–Trinajstić information content (AvgIpc) is 2.47. The molecule has 0 aliphatic rings. The molecule has 0 aliphatic carbocycles. The van der Waals surface area contributed by atoms with Gasteiger partial charge in [0.2, 0.25) is 0 Å². The van der Waals surface area contributed by atoms with E-state index in [2.05, 4.69) is 0 Å². The first-order chi connectivity index (χ1) is 9.60. The number of benzene rings is 2. The molecule has 0 heterocycles. The minimum atomic E-state index is -0.187. The Morgan fingerprint density at radius 3 is 2.45 bits per heavy atom. The highest BCUT2D eigenvalue weighted by Crippen LogP contribution is 2.21. The molecule has 20 heavy (non-hydrogen) atoms. The molecule has 102 valence electrons. The van der Waals surface area contributed by atoms with Crippen LogP contribution < -0.4 is 4.74 Å². The number of hydrogen-bond acceptors (Lipinski definition) is 2. The van der Waals surface area contributed by atoms with Crippen molar-refractivity contribution in [1.29, 1.82) is 0 Å². The van der Waals surface area contributed by atoms with E-state index in [4.69, 9.17) is 27.9 Å². The second-order valence-corrected chi connectivity index (χ2v) is 4.94. The summed E-state index contributed by atoms with van der Waals surface area (Å²) in [5.41, 5.74) is 1.29. The second-order valence-electron chi connectivity index (χ2n) is 4.09. The van der Waals surface area contributed by atoms with Crippen LogP contribution in [0.25, 0.3) is 6.08 Å². The maximum absolute atomic E-state index is 12.1. The summed E-state index contributed by atoms with van der Waals surface area (Å²) in [5.74, 6) is 0.583. The molecule has 0 aromatic heterocycles. The van der Waals surface area contributed by atoms with Gasteiger partial charge in [-0.05, 0) is 42.0 Å². The van der Waals surface area contributed by atoms with E-state index in [1.807, 2.05) is 24.3 Å². The Morgan fingerprint density at radius 2 is 1.80 bits per heavy atom. The standard InChI is InChI=1S/C16H12Cl2O2/c1-20-13-6-2-11(3-7-13)4-9-16(19)14-10-12(17)5-8-15(14)18/h2-10H,1H3/b9-4+. The van der Waals surface area contributed by atoms with Gasteiger partial charge >= 0.3 is 0 Å². The van der Waals surface area contributed by atoms with Crippen molar-refractivity contribution in [1.82, 2.24) is 0 Å². The molecule has 0 N–H and O–H groups in total. The second kappa shape index (κ2) is 6.60. The molecule has 2 aromatic carbocycles. The fraction of sp³-hybridized carbons (Fsp3) is 0.0625. The molecule has 0 unspecified atom stereocenters. The molecule has 2 rings (SSSR count). The van der Waals surface area contributed by atoms with E-state index in [9.17, 15) is 4.79 Å². The minimum absolute atomic E-state index is 0.187. The molecule has 0 aliphatic heterocycles. The van der Waals surface area contributed by atoms with Crippen molar-refractivity contribution < 1.29 is 9.53 Å². The van der Waals surface area contributed by atoms with Gasteiger partial charge in [0.05, 0.1) is 12.1 Å². The van der Waals surface area contributed by atoms with Crippen molar-refractivity contribution in [3.05, 3.63) is 69.7 Å². The van der Waals surface area contributed by atoms with Crippen molar-refractivity contribution >= 4 is 35.1 Å². The van der Waals surface area contributed by atoms with E-state index >= 15 is 0 Å². The highest BCUT2D eigenvalue weighted by Gasteiger charge is 2.07. The van der Waals surface area contributed by atoms with Gasteiger partial charge in [-0.1, -0.05) is 41.4 Å². The summed E-state index contributed by atoms with van der Waals surface area (Å²) >= 11 is 11.8. The van der Waals surface area contributed by atoms with Crippen molar-refractivity contribution in [3.8, 4) is 5.75 Å². The van der Waals surface area contributed by atoms with Gasteiger partial charge in [0.25, 0.3) is 0 Å². The summed E-state index contributed by atoms with van der Waals surface area (Å²) < 4.78 is 5.07. The Balaban J connectivity index is 2.17. The molecule has 4 heteroatoms. The smallest absolute Gasteiger partial charge is 0.187 e. The largest absolute Gasteiger partial charge is 0.497 e. The molecule has 0 atom stereocenters. The quantitative estimate of drug-likeness (QED) is 0.593. The number of carbonyl (C=O) groups excluding carboxylic acids is 1. The number of halogens is 2. The summed E-state index contributed by atoms with van der Waals surface area (Å²) in [7, 11) is 1.61. The van der Waals surface area contributed by atoms with Gasteiger partial charge < -0.3 is 4.74 Å². The Labute approximate surface area is 127 Å². The molecule has 0 radical (unpaired) electrons. The van der Waals surface area contributed by atoms with Crippen LogP contribution in [0.1, 0.15) is 15.9 Å². The normalized spacial score (nSPS) is 10.8. The molecule has 0 spiro atoms. The van der Waals surface area contributed by atoms with Gasteiger partial charge in [-0.3, -0.25) is 4.79 Å². The zero-order valence-corrected chi connectivity index (χ0v) is 12.3. The van der Waals surface area contributed by atoms with E-state index in [1.54, 1.807) is 31.4 Å². The number of hydrogen-bond donors (Lipinski definition) is 0. The molecule has 0 saturated heterocycles. The molecule has 2 aromatic rings. The van der Waals surface area contributed by atoms with Crippen LogP contribution in [0.5, 0.6) is 5.75 Å². The van der Waals surface area contributed by atoms with Gasteiger partial charge in [-0.25, -0.2) is 0 Å². The summed E-state index contributed by atoms with van der Waals surface area (Å²) in [6.45, 7) is 0. The lowest BCUT2D eigenvalue weighted by Crippen LogP contribution is -1.95. The fourth-order valence-electron chi connectivity index (χ4n) is 1.66.